The Morgan fingerprint density at radius 1 is 1.14 bits per heavy atom. The van der Waals surface area contributed by atoms with Gasteiger partial charge in [-0.2, -0.15) is 5.10 Å². The number of hydrogen-bond donors (Lipinski definition) is 3. The second-order valence-corrected chi connectivity index (χ2v) is 7.25. The van der Waals surface area contributed by atoms with E-state index in [1.165, 1.54) is 0 Å². The monoisotopic (exact) mass is 306 g/mol. The van der Waals surface area contributed by atoms with Crippen LogP contribution in [0.2, 0.25) is 5.02 Å². The molecule has 21 heavy (non-hydrogen) atoms. The molecular weight excluding hydrogens is 288 g/mol. The van der Waals surface area contributed by atoms with Gasteiger partial charge in [0.1, 0.15) is 0 Å². The summed E-state index contributed by atoms with van der Waals surface area (Å²) in [7, 11) is 0. The minimum absolute atomic E-state index is 0.132. The van der Waals surface area contributed by atoms with Crippen LogP contribution in [0.15, 0.2) is 18.3 Å². The Bertz CT molecular complexity index is 672. The number of benzene rings is 1. The highest BCUT2D eigenvalue weighted by molar-refractivity contribution is 6.31. The Morgan fingerprint density at radius 3 is 2.48 bits per heavy atom. The molecule has 0 saturated heterocycles. The fraction of sp³-hybridized carbons (Fsp3) is 0.562. The van der Waals surface area contributed by atoms with Crippen LogP contribution in [0.4, 0.5) is 0 Å². The van der Waals surface area contributed by atoms with Crippen LogP contribution in [0.25, 0.3) is 10.9 Å². The average Bonchev–Trinajstić information content (AvgIpc) is 2.95. The van der Waals surface area contributed by atoms with Gasteiger partial charge in [0.2, 0.25) is 0 Å². The van der Waals surface area contributed by atoms with E-state index in [0.717, 1.165) is 55.0 Å². The maximum absolute atomic E-state index is 11.1. The number of aliphatic hydroxyl groups excluding tert-OH is 1. The molecule has 3 saturated carbocycles. The van der Waals surface area contributed by atoms with Crippen molar-refractivity contribution in [3.8, 4) is 0 Å². The minimum atomic E-state index is -0.566. The van der Waals surface area contributed by atoms with Crippen molar-refractivity contribution < 1.29 is 10.2 Å². The van der Waals surface area contributed by atoms with Crippen molar-refractivity contribution in [3.63, 3.8) is 0 Å². The number of aliphatic hydroxyl groups is 2. The zero-order valence-corrected chi connectivity index (χ0v) is 12.5. The van der Waals surface area contributed by atoms with Gasteiger partial charge in [-0.15, -0.1) is 0 Å². The van der Waals surface area contributed by atoms with Crippen LogP contribution in [0.3, 0.4) is 0 Å². The van der Waals surface area contributed by atoms with Crippen molar-refractivity contribution in [1.82, 2.24) is 10.2 Å². The lowest BCUT2D eigenvalue weighted by molar-refractivity contribution is -0.134. The molecule has 0 radical (unpaired) electrons. The molecule has 3 N–H and O–H groups in total. The third-order valence-corrected chi connectivity index (χ3v) is 5.90. The standard InChI is InChI=1S/C16H19ClN2O2/c17-11-7-10-9-18-19-13(10)12(8-11)14(20)15-1-4-16(21,5-2-15)6-3-15/h7-9,14,20-21H,1-6H2,(H,18,19). The number of fused-ring (bicyclic) bond motifs is 4. The number of H-pyrrole nitrogens is 1. The average molecular weight is 307 g/mol. The SMILES string of the molecule is OC(c1cc(Cl)cc2cn[nH]c12)C12CCC(O)(CC1)CC2. The molecule has 5 heteroatoms. The molecule has 5 rings (SSSR count). The lowest BCUT2D eigenvalue weighted by Crippen LogP contribution is -2.48. The summed E-state index contributed by atoms with van der Waals surface area (Å²) in [5.41, 5.74) is 1.08. The van der Waals surface area contributed by atoms with Crippen molar-refractivity contribution in [2.45, 2.75) is 50.2 Å². The number of rotatable bonds is 2. The van der Waals surface area contributed by atoms with Crippen LogP contribution in [-0.4, -0.2) is 26.0 Å². The number of nitrogens with one attached hydrogen (secondary N) is 1. The summed E-state index contributed by atoms with van der Waals surface area (Å²) in [5, 5.41) is 30.0. The van der Waals surface area contributed by atoms with Gasteiger partial charge in [-0.1, -0.05) is 11.6 Å². The van der Waals surface area contributed by atoms with Crippen LogP contribution in [0, 0.1) is 5.41 Å². The summed E-state index contributed by atoms with van der Waals surface area (Å²) in [4.78, 5) is 0. The number of halogens is 1. The topological polar surface area (TPSA) is 69.1 Å². The first-order valence-corrected chi connectivity index (χ1v) is 7.92. The molecule has 0 aliphatic heterocycles. The van der Waals surface area contributed by atoms with Crippen LogP contribution in [0.5, 0.6) is 0 Å². The zero-order valence-electron chi connectivity index (χ0n) is 11.8. The first kappa shape index (κ1) is 13.6. The predicted octanol–water partition coefficient (Wildman–Crippen LogP) is 3.34. The van der Waals surface area contributed by atoms with Crippen molar-refractivity contribution in [2.24, 2.45) is 5.41 Å². The van der Waals surface area contributed by atoms with Crippen LogP contribution in [0.1, 0.15) is 50.2 Å². The molecule has 0 spiro atoms. The Balaban J connectivity index is 1.77. The lowest BCUT2D eigenvalue weighted by Gasteiger charge is -2.53. The summed E-state index contributed by atoms with van der Waals surface area (Å²) < 4.78 is 0. The Morgan fingerprint density at radius 2 is 1.81 bits per heavy atom. The van der Waals surface area contributed by atoms with Crippen molar-refractivity contribution >= 4 is 22.5 Å². The highest BCUT2D eigenvalue weighted by Gasteiger charge is 2.51. The molecule has 1 aromatic carbocycles. The number of aromatic amines is 1. The summed E-state index contributed by atoms with van der Waals surface area (Å²) in [6, 6.07) is 3.70. The largest absolute Gasteiger partial charge is 0.390 e. The lowest BCUT2D eigenvalue weighted by atomic mass is 9.55. The Labute approximate surface area is 128 Å². The normalized spacial score (nSPS) is 33.5. The molecular formula is C16H19ClN2O2. The van der Waals surface area contributed by atoms with Gasteiger partial charge in [-0.3, -0.25) is 5.10 Å². The molecule has 3 fully saturated rings. The van der Waals surface area contributed by atoms with Crippen LogP contribution in [-0.2, 0) is 0 Å². The molecule has 3 aliphatic rings. The quantitative estimate of drug-likeness (QED) is 0.797. The van der Waals surface area contributed by atoms with Gasteiger partial charge < -0.3 is 10.2 Å². The van der Waals surface area contributed by atoms with Gasteiger partial charge in [0.15, 0.2) is 0 Å². The van der Waals surface area contributed by atoms with Gasteiger partial charge in [0.05, 0.1) is 23.4 Å². The summed E-state index contributed by atoms with van der Waals surface area (Å²) in [6.07, 6.45) is 6.13. The summed E-state index contributed by atoms with van der Waals surface area (Å²) in [6.45, 7) is 0. The van der Waals surface area contributed by atoms with Crippen molar-refractivity contribution in [3.05, 3.63) is 28.9 Å². The molecule has 1 unspecified atom stereocenters. The number of hydrogen-bond acceptors (Lipinski definition) is 3. The van der Waals surface area contributed by atoms with Crippen LogP contribution >= 0.6 is 11.6 Å². The molecule has 112 valence electrons. The fourth-order valence-corrected chi connectivity index (χ4v) is 4.43. The third kappa shape index (κ3) is 2.00. The molecule has 2 aromatic rings. The molecule has 1 heterocycles. The molecule has 0 amide bonds. The second kappa shape index (κ2) is 4.45. The minimum Gasteiger partial charge on any atom is -0.390 e. The zero-order chi connectivity index (χ0) is 14.7. The van der Waals surface area contributed by atoms with E-state index in [1.807, 2.05) is 12.1 Å². The van der Waals surface area contributed by atoms with Crippen LogP contribution < -0.4 is 0 Å². The predicted molar refractivity (Wildman–Crippen MR) is 81.1 cm³/mol. The highest BCUT2D eigenvalue weighted by atomic mass is 35.5. The van der Waals surface area contributed by atoms with E-state index in [4.69, 9.17) is 11.6 Å². The number of aromatic nitrogens is 2. The first-order chi connectivity index (χ1) is 10.0. The van der Waals surface area contributed by atoms with E-state index in [-0.39, 0.29) is 5.41 Å². The van der Waals surface area contributed by atoms with Crippen molar-refractivity contribution in [1.29, 1.82) is 0 Å². The molecule has 1 aromatic heterocycles. The highest BCUT2D eigenvalue weighted by Crippen LogP contribution is 2.58. The fourth-order valence-electron chi connectivity index (χ4n) is 4.20. The molecule has 1 atom stereocenters. The van der Waals surface area contributed by atoms with E-state index in [0.29, 0.717) is 5.02 Å². The maximum atomic E-state index is 11.1. The van der Waals surface area contributed by atoms with Gasteiger partial charge in [-0.25, -0.2) is 0 Å². The van der Waals surface area contributed by atoms with Gasteiger partial charge in [-0.05, 0) is 50.7 Å². The molecule has 2 bridgehead atoms. The van der Waals surface area contributed by atoms with Gasteiger partial charge >= 0.3 is 0 Å². The Hall–Kier alpha value is -1.10. The molecule has 3 aliphatic carbocycles. The van der Waals surface area contributed by atoms with Crippen molar-refractivity contribution in [2.75, 3.05) is 0 Å². The summed E-state index contributed by atoms with van der Waals surface area (Å²) >= 11 is 6.19. The maximum Gasteiger partial charge on any atom is 0.0867 e. The van der Waals surface area contributed by atoms with E-state index >= 15 is 0 Å². The third-order valence-electron chi connectivity index (χ3n) is 5.68. The van der Waals surface area contributed by atoms with Gasteiger partial charge in [0.25, 0.3) is 0 Å². The van der Waals surface area contributed by atoms with Gasteiger partial charge in [0, 0.05) is 21.4 Å². The summed E-state index contributed by atoms with van der Waals surface area (Å²) in [5.74, 6) is 0. The van der Waals surface area contributed by atoms with E-state index in [2.05, 4.69) is 10.2 Å². The molecule has 4 nitrogen and oxygen atoms in total. The van der Waals surface area contributed by atoms with E-state index in [1.54, 1.807) is 6.20 Å². The van der Waals surface area contributed by atoms with E-state index < -0.39 is 11.7 Å². The second-order valence-electron chi connectivity index (χ2n) is 6.82. The Kier molecular flexibility index (Phi) is 2.87. The van der Waals surface area contributed by atoms with E-state index in [9.17, 15) is 10.2 Å². The first-order valence-electron chi connectivity index (χ1n) is 7.54. The number of nitrogens with zero attached hydrogens (tertiary/aromatic N) is 1. The smallest absolute Gasteiger partial charge is 0.0867 e.